The van der Waals surface area contributed by atoms with Crippen LogP contribution in [0.15, 0.2) is 48.7 Å². The third kappa shape index (κ3) is 2.72. The summed E-state index contributed by atoms with van der Waals surface area (Å²) in [6.07, 6.45) is 5.80. The molecule has 1 atom stereocenters. The molecule has 1 heterocycles. The summed E-state index contributed by atoms with van der Waals surface area (Å²) in [5.74, 6) is 0. The first kappa shape index (κ1) is 13.5. The van der Waals surface area contributed by atoms with Gasteiger partial charge in [0.15, 0.2) is 0 Å². The van der Waals surface area contributed by atoms with Crippen molar-refractivity contribution in [2.75, 3.05) is 0 Å². The summed E-state index contributed by atoms with van der Waals surface area (Å²) in [6.45, 7) is 0.0727. The minimum Gasteiger partial charge on any atom is -0.621 e. The lowest BCUT2D eigenvalue weighted by molar-refractivity contribution is -0.744. The van der Waals surface area contributed by atoms with Gasteiger partial charge in [0.25, 0.3) is 15.3 Å². The molecule has 1 aromatic carbocycles. The zero-order valence-electron chi connectivity index (χ0n) is 9.28. The fourth-order valence-corrected chi connectivity index (χ4v) is 2.84. The molecule has 0 saturated heterocycles. The maximum atomic E-state index is 12.6. The molecular weight excluding hydrogens is 365 g/mol. The van der Waals surface area contributed by atoms with Crippen LogP contribution in [0.4, 0.5) is 0 Å². The summed E-state index contributed by atoms with van der Waals surface area (Å²) >= 11 is 2.13. The molecule has 0 aromatic heterocycles. The van der Waals surface area contributed by atoms with Crippen molar-refractivity contribution in [3.05, 3.63) is 63.0 Å². The standard InChI is InChI=1S/C12H10INO3S/c13-11-6-2-1-5-10(11)9-14(15)8-4-3-7-12(14)18(16)17/h1-8H,9H2. The van der Waals surface area contributed by atoms with E-state index in [0.29, 0.717) is 0 Å². The zero-order valence-corrected chi connectivity index (χ0v) is 12.3. The summed E-state index contributed by atoms with van der Waals surface area (Å²) in [6, 6.07) is 7.43. The van der Waals surface area contributed by atoms with Crippen LogP contribution in [0.25, 0.3) is 0 Å². The largest absolute Gasteiger partial charge is 0.621 e. The van der Waals surface area contributed by atoms with Gasteiger partial charge in [0.05, 0.1) is 0 Å². The quantitative estimate of drug-likeness (QED) is 0.345. The van der Waals surface area contributed by atoms with E-state index in [0.717, 1.165) is 9.13 Å². The summed E-state index contributed by atoms with van der Waals surface area (Å²) in [4.78, 5) is -0.169. The molecule has 4 nitrogen and oxygen atoms in total. The minimum absolute atomic E-state index is 0.0727. The number of benzene rings is 1. The summed E-state index contributed by atoms with van der Waals surface area (Å²) in [7, 11) is -2.52. The first-order valence-electron chi connectivity index (χ1n) is 5.18. The molecule has 1 aliphatic heterocycles. The highest BCUT2D eigenvalue weighted by atomic mass is 127. The van der Waals surface area contributed by atoms with E-state index in [9.17, 15) is 13.6 Å². The molecule has 1 aromatic rings. The second kappa shape index (κ2) is 5.35. The van der Waals surface area contributed by atoms with Crippen LogP contribution in [-0.2, 0) is 16.8 Å². The second-order valence-corrected chi connectivity index (χ2v) is 5.87. The van der Waals surface area contributed by atoms with Crippen molar-refractivity contribution < 1.29 is 13.1 Å². The molecule has 0 saturated carbocycles. The van der Waals surface area contributed by atoms with E-state index in [4.69, 9.17) is 0 Å². The van der Waals surface area contributed by atoms with E-state index in [-0.39, 0.29) is 11.5 Å². The van der Waals surface area contributed by atoms with Crippen LogP contribution in [0, 0.1) is 8.78 Å². The molecule has 0 amide bonds. The first-order valence-corrected chi connectivity index (χ1v) is 7.33. The van der Waals surface area contributed by atoms with Gasteiger partial charge >= 0.3 is 0 Å². The van der Waals surface area contributed by atoms with Gasteiger partial charge in [-0.1, -0.05) is 18.2 Å². The second-order valence-electron chi connectivity index (χ2n) is 3.82. The van der Waals surface area contributed by atoms with E-state index in [2.05, 4.69) is 22.6 Å². The first-order chi connectivity index (χ1) is 8.53. The van der Waals surface area contributed by atoms with E-state index >= 15 is 0 Å². The highest BCUT2D eigenvalue weighted by Crippen LogP contribution is 2.22. The molecule has 2 rings (SSSR count). The highest BCUT2D eigenvalue weighted by molar-refractivity contribution is 14.1. The molecule has 18 heavy (non-hydrogen) atoms. The maximum absolute atomic E-state index is 12.6. The van der Waals surface area contributed by atoms with Gasteiger partial charge in [0.2, 0.25) is 0 Å². The Bertz CT molecular complexity index is 656. The van der Waals surface area contributed by atoms with Gasteiger partial charge < -0.3 is 5.21 Å². The lowest BCUT2D eigenvalue weighted by Crippen LogP contribution is -2.42. The molecule has 0 radical (unpaired) electrons. The Balaban J connectivity index is 2.44. The number of nitrogens with zero attached hydrogens (tertiary/aromatic N) is 1. The molecule has 1 unspecified atom stereocenters. The number of allylic oxidation sites excluding steroid dienone is 2. The number of hydroxylamine groups is 3. The van der Waals surface area contributed by atoms with E-state index in [1.807, 2.05) is 24.3 Å². The smallest absolute Gasteiger partial charge is 0.277 e. The van der Waals surface area contributed by atoms with Crippen LogP contribution in [0.5, 0.6) is 0 Å². The summed E-state index contributed by atoms with van der Waals surface area (Å²) in [5.41, 5.74) is 0.830. The lowest BCUT2D eigenvalue weighted by atomic mass is 10.2. The van der Waals surface area contributed by atoms with E-state index in [1.54, 1.807) is 12.2 Å². The molecule has 6 heteroatoms. The van der Waals surface area contributed by atoms with Crippen molar-refractivity contribution >= 4 is 37.9 Å². The topological polar surface area (TPSA) is 57.2 Å². The molecule has 0 N–H and O–H groups in total. The average Bonchev–Trinajstić information content (AvgIpc) is 2.32. The van der Waals surface area contributed by atoms with Crippen LogP contribution < -0.4 is 0 Å². The van der Waals surface area contributed by atoms with Gasteiger partial charge in [-0.2, -0.15) is 8.42 Å². The number of quaternary nitrogens is 1. The van der Waals surface area contributed by atoms with Gasteiger partial charge in [0.1, 0.15) is 12.7 Å². The van der Waals surface area contributed by atoms with Crippen LogP contribution in [0.1, 0.15) is 5.56 Å². The molecule has 0 aliphatic carbocycles. The van der Waals surface area contributed by atoms with Crippen LogP contribution in [0.3, 0.4) is 0 Å². The van der Waals surface area contributed by atoms with Crippen molar-refractivity contribution in [1.82, 2.24) is 0 Å². The molecule has 1 aliphatic rings. The summed E-state index contributed by atoms with van der Waals surface area (Å²) in [5, 5.41) is 12.6. The van der Waals surface area contributed by atoms with Gasteiger partial charge in [-0.15, -0.1) is 0 Å². The van der Waals surface area contributed by atoms with E-state index < -0.39 is 14.9 Å². The highest BCUT2D eigenvalue weighted by Gasteiger charge is 2.25. The third-order valence-electron chi connectivity index (χ3n) is 2.58. The van der Waals surface area contributed by atoms with Crippen molar-refractivity contribution in [3.63, 3.8) is 0 Å². The molecule has 0 bridgehead atoms. The monoisotopic (exact) mass is 375 g/mol. The SMILES string of the molecule is O=S(=O)=C1C=CC=C[N+]1([O-])Cc1ccccc1I. The average molecular weight is 375 g/mol. The van der Waals surface area contributed by atoms with E-state index in [1.165, 1.54) is 12.3 Å². The lowest BCUT2D eigenvalue weighted by Gasteiger charge is -2.38. The number of hydrogen-bond acceptors (Lipinski definition) is 3. The fourth-order valence-electron chi connectivity index (χ4n) is 1.72. The Kier molecular flexibility index (Phi) is 4.00. The van der Waals surface area contributed by atoms with Crippen molar-refractivity contribution in [2.45, 2.75) is 6.54 Å². The maximum Gasteiger partial charge on any atom is 0.277 e. The van der Waals surface area contributed by atoms with Crippen LogP contribution in [0.2, 0.25) is 0 Å². The third-order valence-corrected chi connectivity index (χ3v) is 4.42. The Hall–Kier alpha value is -0.960. The molecular formula is C12H10INO3S. The number of rotatable bonds is 2. The van der Waals surface area contributed by atoms with Crippen molar-refractivity contribution in [3.8, 4) is 0 Å². The van der Waals surface area contributed by atoms with Gasteiger partial charge in [0, 0.05) is 15.2 Å². The fraction of sp³-hybridized carbons (Fsp3) is 0.0833. The normalized spacial score (nSPS) is 22.2. The Morgan fingerprint density at radius 3 is 2.61 bits per heavy atom. The van der Waals surface area contributed by atoms with Crippen LogP contribution >= 0.6 is 22.6 Å². The van der Waals surface area contributed by atoms with Crippen molar-refractivity contribution in [2.24, 2.45) is 0 Å². The Labute approximate surface area is 120 Å². The molecule has 0 fully saturated rings. The van der Waals surface area contributed by atoms with Crippen LogP contribution in [-0.4, -0.2) is 18.1 Å². The predicted octanol–water partition coefficient (Wildman–Crippen LogP) is 2.20. The minimum atomic E-state index is -2.52. The van der Waals surface area contributed by atoms with Gasteiger partial charge in [-0.3, -0.25) is 4.65 Å². The Morgan fingerprint density at radius 2 is 1.94 bits per heavy atom. The summed E-state index contributed by atoms with van der Waals surface area (Å²) < 4.78 is 22.2. The van der Waals surface area contributed by atoms with Crippen molar-refractivity contribution in [1.29, 1.82) is 0 Å². The number of hydrogen-bond donors (Lipinski definition) is 0. The van der Waals surface area contributed by atoms with Gasteiger partial charge in [-0.25, -0.2) is 0 Å². The molecule has 94 valence electrons. The molecule has 0 spiro atoms. The number of halogens is 1. The zero-order chi connectivity index (χ0) is 13.2. The van der Waals surface area contributed by atoms with Gasteiger partial charge in [-0.05, 0) is 40.8 Å². The predicted molar refractivity (Wildman–Crippen MR) is 78.7 cm³/mol. The Morgan fingerprint density at radius 1 is 1.22 bits per heavy atom.